The Labute approximate surface area is 83.1 Å². The molecule has 0 radical (unpaired) electrons. The Morgan fingerprint density at radius 3 is 2.20 bits per heavy atom. The van der Waals surface area contributed by atoms with Crippen molar-refractivity contribution in [3.05, 3.63) is 35.4 Å². The molecule has 0 heterocycles. The van der Waals surface area contributed by atoms with Crippen LogP contribution in [-0.2, 0) is 17.5 Å². The zero-order valence-corrected chi connectivity index (χ0v) is 7.41. The van der Waals surface area contributed by atoms with Crippen molar-refractivity contribution < 1.29 is 27.8 Å². The maximum Gasteiger partial charge on any atom is 0.506 e. The van der Waals surface area contributed by atoms with E-state index in [1.54, 1.807) is 0 Å². The zero-order valence-electron chi connectivity index (χ0n) is 7.41. The topological polar surface area (TPSA) is 46.5 Å². The Kier molecular flexibility index (Phi) is 3.18. The lowest BCUT2D eigenvalue weighted by atomic mass is 10.1. The van der Waals surface area contributed by atoms with E-state index in [9.17, 15) is 18.0 Å². The number of alkyl halides is 3. The summed E-state index contributed by atoms with van der Waals surface area (Å²) < 4.78 is 40.5. The van der Waals surface area contributed by atoms with Crippen LogP contribution in [0.15, 0.2) is 24.3 Å². The minimum atomic E-state index is -4.38. The number of benzene rings is 1. The first kappa shape index (κ1) is 11.4. The molecule has 0 unspecified atom stereocenters. The minimum absolute atomic E-state index is 0.256. The normalized spacial score (nSPS) is 11.1. The second-order valence-electron chi connectivity index (χ2n) is 2.75. The van der Waals surface area contributed by atoms with Crippen LogP contribution in [0, 0.1) is 0 Å². The van der Waals surface area contributed by atoms with Crippen LogP contribution in [0.4, 0.5) is 18.0 Å². The molecule has 15 heavy (non-hydrogen) atoms. The Morgan fingerprint density at radius 1 is 1.27 bits per heavy atom. The lowest BCUT2D eigenvalue weighted by Crippen LogP contribution is -2.05. The van der Waals surface area contributed by atoms with E-state index in [-0.39, 0.29) is 6.61 Å². The summed E-state index contributed by atoms with van der Waals surface area (Å²) in [6.07, 6.45) is -5.85. The molecule has 0 saturated heterocycles. The summed E-state index contributed by atoms with van der Waals surface area (Å²) in [4.78, 5) is 10.00. The van der Waals surface area contributed by atoms with Crippen molar-refractivity contribution in [3.63, 3.8) is 0 Å². The van der Waals surface area contributed by atoms with Crippen molar-refractivity contribution in [1.29, 1.82) is 0 Å². The van der Waals surface area contributed by atoms with Crippen LogP contribution in [-0.4, -0.2) is 11.3 Å². The Hall–Kier alpha value is -1.72. The summed E-state index contributed by atoms with van der Waals surface area (Å²) in [7, 11) is 0. The average molecular weight is 220 g/mol. The van der Waals surface area contributed by atoms with Gasteiger partial charge in [-0.05, 0) is 17.7 Å². The quantitative estimate of drug-likeness (QED) is 0.779. The molecule has 82 valence electrons. The highest BCUT2D eigenvalue weighted by Gasteiger charge is 2.29. The van der Waals surface area contributed by atoms with Gasteiger partial charge in [0, 0.05) is 0 Å². The predicted molar refractivity (Wildman–Crippen MR) is 44.3 cm³/mol. The van der Waals surface area contributed by atoms with E-state index in [4.69, 9.17) is 5.11 Å². The van der Waals surface area contributed by atoms with Crippen molar-refractivity contribution in [1.82, 2.24) is 0 Å². The van der Waals surface area contributed by atoms with E-state index in [0.717, 1.165) is 12.1 Å². The highest BCUT2D eigenvalue weighted by molar-refractivity contribution is 5.56. The predicted octanol–water partition coefficient (Wildman–Crippen LogP) is 2.90. The second kappa shape index (κ2) is 4.20. The molecule has 0 spiro atoms. The van der Waals surface area contributed by atoms with Crippen molar-refractivity contribution >= 4 is 6.16 Å². The molecule has 1 N–H and O–H groups in total. The van der Waals surface area contributed by atoms with Gasteiger partial charge in [-0.2, -0.15) is 13.2 Å². The minimum Gasteiger partial charge on any atom is -0.450 e. The Bertz CT molecular complexity index is 343. The van der Waals surface area contributed by atoms with Crippen LogP contribution in [0.3, 0.4) is 0 Å². The molecule has 1 rings (SSSR count). The summed E-state index contributed by atoms with van der Waals surface area (Å²) in [6.45, 7) is -0.256. The first-order chi connectivity index (χ1) is 6.89. The van der Waals surface area contributed by atoms with Gasteiger partial charge < -0.3 is 9.84 Å². The van der Waals surface area contributed by atoms with Crippen LogP contribution < -0.4 is 0 Å². The third-order valence-corrected chi connectivity index (χ3v) is 1.64. The fourth-order valence-electron chi connectivity index (χ4n) is 0.935. The van der Waals surface area contributed by atoms with Crippen LogP contribution in [0.25, 0.3) is 0 Å². The van der Waals surface area contributed by atoms with E-state index in [1.165, 1.54) is 12.1 Å². The maximum atomic E-state index is 12.1. The van der Waals surface area contributed by atoms with Crippen LogP contribution in [0.2, 0.25) is 0 Å². The van der Waals surface area contributed by atoms with Gasteiger partial charge in [-0.1, -0.05) is 12.1 Å². The van der Waals surface area contributed by atoms with Crippen molar-refractivity contribution in [3.8, 4) is 0 Å². The highest BCUT2D eigenvalue weighted by Crippen LogP contribution is 2.29. The average Bonchev–Trinajstić information content (AvgIpc) is 2.14. The fraction of sp³-hybridized carbons (Fsp3) is 0.222. The van der Waals surface area contributed by atoms with E-state index in [0.29, 0.717) is 5.56 Å². The summed E-state index contributed by atoms with van der Waals surface area (Å²) in [6, 6.07) is 4.10. The molecule has 1 aromatic rings. The molecule has 0 atom stereocenters. The summed E-state index contributed by atoms with van der Waals surface area (Å²) in [5.74, 6) is 0. The number of carboxylic acid groups (broad SMARTS) is 1. The molecule has 0 amide bonds. The largest absolute Gasteiger partial charge is 0.506 e. The molecule has 3 nitrogen and oxygen atoms in total. The molecular formula is C9H7F3O3. The monoisotopic (exact) mass is 220 g/mol. The standard InChI is InChI=1S/C9H7F3O3/c10-9(11,12)7-3-1-6(2-4-7)5-15-8(13)14/h1-4H,5H2,(H,13,14). The number of ether oxygens (including phenoxy) is 1. The van der Waals surface area contributed by atoms with E-state index < -0.39 is 17.9 Å². The molecule has 0 aromatic heterocycles. The van der Waals surface area contributed by atoms with E-state index in [2.05, 4.69) is 4.74 Å². The van der Waals surface area contributed by atoms with Gasteiger partial charge in [-0.25, -0.2) is 4.79 Å². The zero-order chi connectivity index (χ0) is 11.5. The van der Waals surface area contributed by atoms with E-state index in [1.807, 2.05) is 0 Å². The van der Waals surface area contributed by atoms with Gasteiger partial charge >= 0.3 is 12.3 Å². The molecule has 6 heteroatoms. The summed E-state index contributed by atoms with van der Waals surface area (Å²) in [5, 5.41) is 8.16. The van der Waals surface area contributed by atoms with Crippen LogP contribution >= 0.6 is 0 Å². The second-order valence-corrected chi connectivity index (χ2v) is 2.75. The van der Waals surface area contributed by atoms with Crippen molar-refractivity contribution in [2.24, 2.45) is 0 Å². The highest BCUT2D eigenvalue weighted by atomic mass is 19.4. The van der Waals surface area contributed by atoms with Crippen LogP contribution in [0.1, 0.15) is 11.1 Å². The third-order valence-electron chi connectivity index (χ3n) is 1.64. The van der Waals surface area contributed by atoms with Crippen molar-refractivity contribution in [2.45, 2.75) is 12.8 Å². The molecule has 0 aliphatic carbocycles. The first-order valence-electron chi connectivity index (χ1n) is 3.91. The molecule has 1 aromatic carbocycles. The van der Waals surface area contributed by atoms with E-state index >= 15 is 0 Å². The lowest BCUT2D eigenvalue weighted by Gasteiger charge is -2.07. The smallest absolute Gasteiger partial charge is 0.450 e. The molecule has 0 aliphatic heterocycles. The number of carbonyl (C=O) groups is 1. The number of halogens is 3. The molecular weight excluding hydrogens is 213 g/mol. The van der Waals surface area contributed by atoms with Crippen molar-refractivity contribution in [2.75, 3.05) is 0 Å². The Morgan fingerprint density at radius 2 is 1.80 bits per heavy atom. The molecule has 0 aliphatic rings. The number of rotatable bonds is 2. The number of hydrogen-bond acceptors (Lipinski definition) is 2. The lowest BCUT2D eigenvalue weighted by molar-refractivity contribution is -0.137. The third kappa shape index (κ3) is 3.49. The maximum absolute atomic E-state index is 12.1. The summed E-state index contributed by atoms with van der Waals surface area (Å²) in [5.41, 5.74) is -0.410. The van der Waals surface area contributed by atoms with Gasteiger partial charge in [-0.15, -0.1) is 0 Å². The number of hydrogen-bond donors (Lipinski definition) is 1. The fourth-order valence-corrected chi connectivity index (χ4v) is 0.935. The first-order valence-corrected chi connectivity index (χ1v) is 3.91. The van der Waals surface area contributed by atoms with Gasteiger partial charge in [0.15, 0.2) is 0 Å². The van der Waals surface area contributed by atoms with Gasteiger partial charge in [0.05, 0.1) is 5.56 Å². The van der Waals surface area contributed by atoms with Gasteiger partial charge in [0.1, 0.15) is 6.61 Å². The molecule has 0 fully saturated rings. The molecule has 0 bridgehead atoms. The van der Waals surface area contributed by atoms with Crippen LogP contribution in [0.5, 0.6) is 0 Å². The Balaban J connectivity index is 2.69. The SMILES string of the molecule is O=C(O)OCc1ccc(C(F)(F)F)cc1. The van der Waals surface area contributed by atoms with Gasteiger partial charge in [-0.3, -0.25) is 0 Å². The molecule has 0 saturated carbocycles. The summed E-state index contributed by atoms with van der Waals surface area (Å²) >= 11 is 0. The van der Waals surface area contributed by atoms with Gasteiger partial charge in [0.25, 0.3) is 0 Å². The van der Waals surface area contributed by atoms with Gasteiger partial charge in [0.2, 0.25) is 0 Å².